The number of benzene rings is 8. The monoisotopic (exact) mass is 1420 g/mol. The van der Waals surface area contributed by atoms with Gasteiger partial charge in [-0.2, -0.15) is 0 Å². The minimum Gasteiger partial charge on any atom is -0.497 e. The van der Waals surface area contributed by atoms with Gasteiger partial charge in [0.25, 0.3) is 23.6 Å². The summed E-state index contributed by atoms with van der Waals surface area (Å²) < 4.78 is 31.6. The standard InChI is InChI=1S/C21H22N4O3.C20H20N4O3.C20H20N4O2.C19H18N4O2/c1-25(2)20(26)17-12-14(8-9-19(17)28-4)18-10-11-22-21(24-18)23-15-6-5-7-16(13-15)27-3;1-21-19(25)16-11-13(7-8-18(16)27-3)17-9-10-22-20(24-17)23-14-5-4-6-15(12-14)26-2;1-24(2)19(25)16-13-14(9-10-18(16)26-3)17-11-12-21-20(23-17)22-15-7-5-4-6-8-15;1-20-18(24)15-12-13(8-9-17(15)25-2)16-10-11-21-19(23-16)22-14-6-4-3-5-7-14/h5-13H,1-4H3,(H,22,23,24);4-12H,1-3H3,(H,21,25)(H,22,23,24);4-13H,1-3H3,(H,21,22,23);3-12H,1-2H3,(H,20,24)(H,21,22,23). The average Bonchev–Trinajstić information content (AvgIpc) is 0.827. The van der Waals surface area contributed by atoms with Crippen LogP contribution < -0.4 is 60.3 Å². The number of anilines is 8. The van der Waals surface area contributed by atoms with E-state index >= 15 is 0 Å². The molecule has 4 heterocycles. The normalized spacial score (nSPS) is 10.2. The summed E-state index contributed by atoms with van der Waals surface area (Å²) in [5, 5.41) is 17.9. The van der Waals surface area contributed by atoms with Gasteiger partial charge in [0, 0.05) is 124 Å². The Kier molecular flexibility index (Phi) is 27.0. The zero-order valence-electron chi connectivity index (χ0n) is 60.5. The molecular formula is C80H80N16O10. The van der Waals surface area contributed by atoms with E-state index in [9.17, 15) is 19.2 Å². The van der Waals surface area contributed by atoms with Crippen molar-refractivity contribution >= 4 is 70.2 Å². The van der Waals surface area contributed by atoms with Crippen LogP contribution in [0.3, 0.4) is 0 Å². The van der Waals surface area contributed by atoms with Crippen molar-refractivity contribution in [2.75, 3.05) is 106 Å². The molecule has 0 saturated heterocycles. The molecule has 6 N–H and O–H groups in total. The molecule has 0 saturated carbocycles. The van der Waals surface area contributed by atoms with Crippen molar-refractivity contribution in [2.45, 2.75) is 0 Å². The largest absolute Gasteiger partial charge is 0.497 e. The zero-order chi connectivity index (χ0) is 75.5. The molecule has 0 aliphatic heterocycles. The van der Waals surface area contributed by atoms with Gasteiger partial charge in [0.1, 0.15) is 34.5 Å². The number of rotatable bonds is 22. The molecule has 0 bridgehead atoms. The molecule has 4 aromatic heterocycles. The Bertz CT molecular complexity index is 4980. The Balaban J connectivity index is 0.000000164. The zero-order valence-corrected chi connectivity index (χ0v) is 60.5. The number of hydrogen-bond donors (Lipinski definition) is 6. The van der Waals surface area contributed by atoms with E-state index in [0.717, 1.165) is 56.5 Å². The van der Waals surface area contributed by atoms with Crippen LogP contribution in [0.2, 0.25) is 0 Å². The molecular weight excluding hydrogens is 1340 g/mol. The second-order valence-corrected chi connectivity index (χ2v) is 23.0. The number of amides is 4. The molecule has 0 aliphatic carbocycles. The Labute approximate surface area is 614 Å². The highest BCUT2D eigenvalue weighted by atomic mass is 16.5. The van der Waals surface area contributed by atoms with E-state index < -0.39 is 0 Å². The van der Waals surface area contributed by atoms with Gasteiger partial charge in [-0.1, -0.05) is 48.5 Å². The predicted octanol–water partition coefficient (Wildman–Crippen LogP) is 13.7. The summed E-state index contributed by atoms with van der Waals surface area (Å²) in [5.41, 5.74) is 11.3. The topological polar surface area (TPSA) is 305 Å². The highest BCUT2D eigenvalue weighted by Gasteiger charge is 2.20. The van der Waals surface area contributed by atoms with Crippen molar-refractivity contribution in [3.05, 3.63) is 253 Å². The van der Waals surface area contributed by atoms with E-state index in [0.29, 0.717) is 91.8 Å². The van der Waals surface area contributed by atoms with Crippen LogP contribution in [0, 0.1) is 0 Å². The van der Waals surface area contributed by atoms with Crippen LogP contribution in [0.25, 0.3) is 45.0 Å². The third-order valence-electron chi connectivity index (χ3n) is 15.5. The molecule has 0 spiro atoms. The molecule has 26 nitrogen and oxygen atoms in total. The summed E-state index contributed by atoms with van der Waals surface area (Å²) in [5.74, 6) is 4.71. The molecule has 0 atom stereocenters. The first-order chi connectivity index (χ1) is 51.4. The van der Waals surface area contributed by atoms with Crippen molar-refractivity contribution in [3.8, 4) is 79.5 Å². The van der Waals surface area contributed by atoms with Crippen LogP contribution >= 0.6 is 0 Å². The number of ether oxygens (including phenoxy) is 6. The van der Waals surface area contributed by atoms with E-state index in [1.54, 1.807) is 162 Å². The van der Waals surface area contributed by atoms with Crippen LogP contribution in [0.4, 0.5) is 46.5 Å². The third kappa shape index (κ3) is 20.6. The highest BCUT2D eigenvalue weighted by Crippen LogP contribution is 2.32. The maximum absolute atomic E-state index is 12.5. The second-order valence-electron chi connectivity index (χ2n) is 23.0. The molecule has 0 fully saturated rings. The van der Waals surface area contributed by atoms with Crippen LogP contribution in [0.5, 0.6) is 34.5 Å². The van der Waals surface area contributed by atoms with Gasteiger partial charge in [0.05, 0.1) is 87.7 Å². The fraction of sp³-hybridized carbons (Fsp3) is 0.150. The number of hydrogen-bond acceptors (Lipinski definition) is 22. The van der Waals surface area contributed by atoms with Crippen LogP contribution in [0.1, 0.15) is 41.4 Å². The van der Waals surface area contributed by atoms with Gasteiger partial charge in [-0.25, -0.2) is 39.9 Å². The highest BCUT2D eigenvalue weighted by molar-refractivity contribution is 6.00. The minimum atomic E-state index is -0.225. The average molecular weight is 1430 g/mol. The third-order valence-corrected chi connectivity index (χ3v) is 15.5. The first kappa shape index (κ1) is 76.1. The number of carbonyl (C=O) groups excluding carboxylic acids is 4. The summed E-state index contributed by atoms with van der Waals surface area (Å²) in [6.45, 7) is 0. The van der Waals surface area contributed by atoms with Gasteiger partial charge in [-0.15, -0.1) is 0 Å². The van der Waals surface area contributed by atoms with Crippen molar-refractivity contribution in [3.63, 3.8) is 0 Å². The summed E-state index contributed by atoms with van der Waals surface area (Å²) in [6, 6.07) is 63.1. The van der Waals surface area contributed by atoms with Crippen LogP contribution in [-0.2, 0) is 0 Å². The molecule has 4 amide bonds. The Morgan fingerprint density at radius 1 is 0.302 bits per heavy atom. The quantitative estimate of drug-likeness (QED) is 0.0367. The molecule has 12 rings (SSSR count). The van der Waals surface area contributed by atoms with Gasteiger partial charge in [0.2, 0.25) is 23.8 Å². The van der Waals surface area contributed by atoms with Crippen molar-refractivity contribution in [2.24, 2.45) is 0 Å². The minimum absolute atomic E-state index is 0.125. The SMILES string of the molecule is CNC(=O)c1cc(-c2ccnc(Nc3cccc(OC)c3)n2)ccc1OC.CNC(=O)c1cc(-c2ccnc(Nc3ccccc3)n2)ccc1OC.COc1ccc(-c2ccnc(Nc3ccccc3)n2)cc1C(=O)N(C)C.COc1cccc(Nc2nccc(-c3ccc(OC)c(C(=O)N(C)C)c3)n2)c1. The molecule has 0 radical (unpaired) electrons. The lowest BCUT2D eigenvalue weighted by Crippen LogP contribution is -2.22. The lowest BCUT2D eigenvalue weighted by Gasteiger charge is -2.15. The van der Waals surface area contributed by atoms with Crippen molar-refractivity contribution in [1.29, 1.82) is 0 Å². The number of methoxy groups -OCH3 is 6. The van der Waals surface area contributed by atoms with Gasteiger partial charge >= 0.3 is 0 Å². The smallest absolute Gasteiger partial charge is 0.257 e. The summed E-state index contributed by atoms with van der Waals surface area (Å²) in [7, 11) is 19.4. The maximum Gasteiger partial charge on any atom is 0.257 e. The molecule has 26 heteroatoms. The number of nitrogens with zero attached hydrogens (tertiary/aromatic N) is 10. The van der Waals surface area contributed by atoms with Crippen LogP contribution in [0.15, 0.2) is 231 Å². The first-order valence-electron chi connectivity index (χ1n) is 32.8. The second kappa shape index (κ2) is 37.6. The van der Waals surface area contributed by atoms with Crippen molar-refractivity contribution < 1.29 is 47.6 Å². The first-order valence-corrected chi connectivity index (χ1v) is 32.8. The summed E-state index contributed by atoms with van der Waals surface area (Å²) in [4.78, 5) is 87.3. The number of nitrogens with one attached hydrogen (secondary N) is 6. The fourth-order valence-corrected chi connectivity index (χ4v) is 10.2. The van der Waals surface area contributed by atoms with E-state index in [1.807, 2.05) is 140 Å². The Morgan fingerprint density at radius 3 is 0.849 bits per heavy atom. The molecule has 0 unspecified atom stereocenters. The lowest BCUT2D eigenvalue weighted by atomic mass is 10.1. The maximum atomic E-state index is 12.5. The van der Waals surface area contributed by atoms with Crippen LogP contribution in [-0.4, -0.2) is 158 Å². The predicted molar refractivity (Wildman–Crippen MR) is 411 cm³/mol. The molecule has 106 heavy (non-hydrogen) atoms. The molecule has 0 aliphatic rings. The lowest BCUT2D eigenvalue weighted by molar-refractivity contribution is 0.0817. The molecule has 8 aromatic carbocycles. The summed E-state index contributed by atoms with van der Waals surface area (Å²) in [6.07, 6.45) is 6.69. The van der Waals surface area contributed by atoms with E-state index in [4.69, 9.17) is 28.4 Å². The van der Waals surface area contributed by atoms with E-state index in [1.165, 1.54) is 24.0 Å². The van der Waals surface area contributed by atoms with E-state index in [-0.39, 0.29) is 23.6 Å². The Morgan fingerprint density at radius 2 is 0.575 bits per heavy atom. The van der Waals surface area contributed by atoms with E-state index in [2.05, 4.69) is 71.8 Å². The molecule has 540 valence electrons. The van der Waals surface area contributed by atoms with Crippen molar-refractivity contribution in [1.82, 2.24) is 60.3 Å². The summed E-state index contributed by atoms with van der Waals surface area (Å²) >= 11 is 0. The van der Waals surface area contributed by atoms with Gasteiger partial charge in [-0.3, -0.25) is 19.2 Å². The number of para-hydroxylation sites is 2. The Hall–Kier alpha value is -14.0. The number of carbonyl (C=O) groups is 4. The van der Waals surface area contributed by atoms with Gasteiger partial charge in [0.15, 0.2) is 0 Å². The van der Waals surface area contributed by atoms with Gasteiger partial charge < -0.3 is 70.1 Å². The number of aromatic nitrogens is 8. The molecule has 12 aromatic rings. The van der Waals surface area contributed by atoms with Gasteiger partial charge in [-0.05, 0) is 146 Å². The fourth-order valence-electron chi connectivity index (χ4n) is 10.2.